The molecular formula is C20H30ClN3O3S. The third-order valence-electron chi connectivity index (χ3n) is 4.56. The maximum atomic E-state index is 12.7. The van der Waals surface area contributed by atoms with E-state index >= 15 is 0 Å². The molecule has 8 heteroatoms. The van der Waals surface area contributed by atoms with Crippen LogP contribution in [0.25, 0.3) is 0 Å². The molecule has 2 rings (SSSR count). The lowest BCUT2D eigenvalue weighted by molar-refractivity contribution is 0.0914. The minimum absolute atomic E-state index is 0.0345. The van der Waals surface area contributed by atoms with E-state index < -0.39 is 10.0 Å². The molecule has 0 saturated carbocycles. The fraction of sp³-hybridized carbons (Fsp3) is 0.550. The first-order valence-corrected chi connectivity index (χ1v) is 11.4. The highest BCUT2D eigenvalue weighted by molar-refractivity contribution is 7.89. The van der Waals surface area contributed by atoms with Crippen LogP contribution >= 0.6 is 11.6 Å². The summed E-state index contributed by atoms with van der Waals surface area (Å²) in [6, 6.07) is 4.01. The lowest BCUT2D eigenvalue weighted by atomic mass is 10.0. The van der Waals surface area contributed by atoms with Gasteiger partial charge < -0.3 is 5.32 Å². The van der Waals surface area contributed by atoms with E-state index in [0.717, 1.165) is 32.5 Å². The monoisotopic (exact) mass is 427 g/mol. The quantitative estimate of drug-likeness (QED) is 0.655. The van der Waals surface area contributed by atoms with Crippen LogP contribution < -0.4 is 10.0 Å². The molecule has 1 aromatic rings. The number of hydrogen-bond donors (Lipinski definition) is 2. The zero-order chi connectivity index (χ0) is 20.9. The van der Waals surface area contributed by atoms with E-state index in [1.807, 2.05) is 0 Å². The van der Waals surface area contributed by atoms with Crippen LogP contribution in [0.2, 0.25) is 5.02 Å². The molecule has 6 nitrogen and oxygen atoms in total. The van der Waals surface area contributed by atoms with E-state index in [1.54, 1.807) is 13.8 Å². The Morgan fingerprint density at radius 1 is 1.29 bits per heavy atom. The molecule has 0 aromatic heterocycles. The van der Waals surface area contributed by atoms with Gasteiger partial charge in [-0.15, -0.1) is 0 Å². The zero-order valence-electron chi connectivity index (χ0n) is 17.0. The van der Waals surface area contributed by atoms with Gasteiger partial charge in [0.1, 0.15) is 0 Å². The number of sulfonamides is 1. The highest BCUT2D eigenvalue weighted by Crippen LogP contribution is 2.21. The summed E-state index contributed by atoms with van der Waals surface area (Å²) in [4.78, 5) is 15.1. The number of benzene rings is 1. The Labute approximate surface area is 173 Å². The van der Waals surface area contributed by atoms with Crippen molar-refractivity contribution in [1.82, 2.24) is 14.9 Å². The Morgan fingerprint density at radius 2 is 1.93 bits per heavy atom. The molecule has 0 aliphatic carbocycles. The van der Waals surface area contributed by atoms with E-state index in [2.05, 4.69) is 34.9 Å². The van der Waals surface area contributed by atoms with Crippen LogP contribution in [0, 0.1) is 0 Å². The predicted molar refractivity (Wildman–Crippen MR) is 113 cm³/mol. The second-order valence-corrected chi connectivity index (χ2v) is 9.87. The van der Waals surface area contributed by atoms with Crippen LogP contribution in [0.4, 0.5) is 0 Å². The molecule has 0 bridgehead atoms. The highest BCUT2D eigenvalue weighted by atomic mass is 35.5. The molecule has 1 aromatic carbocycles. The van der Waals surface area contributed by atoms with Crippen molar-refractivity contribution in [3.63, 3.8) is 0 Å². The van der Waals surface area contributed by atoms with Crippen LogP contribution in [0.15, 0.2) is 34.7 Å². The fourth-order valence-electron chi connectivity index (χ4n) is 3.06. The number of hydrogen-bond acceptors (Lipinski definition) is 4. The summed E-state index contributed by atoms with van der Waals surface area (Å²) in [5.74, 6) is -0.339. The summed E-state index contributed by atoms with van der Waals surface area (Å²) in [5, 5.41) is 3.24. The van der Waals surface area contributed by atoms with E-state index in [4.69, 9.17) is 11.6 Å². The van der Waals surface area contributed by atoms with Crippen molar-refractivity contribution < 1.29 is 13.2 Å². The van der Waals surface area contributed by atoms with E-state index in [-0.39, 0.29) is 33.5 Å². The van der Waals surface area contributed by atoms with Gasteiger partial charge in [-0.1, -0.05) is 23.3 Å². The van der Waals surface area contributed by atoms with Gasteiger partial charge in [-0.25, -0.2) is 13.1 Å². The zero-order valence-corrected chi connectivity index (χ0v) is 18.5. The Morgan fingerprint density at radius 3 is 2.50 bits per heavy atom. The van der Waals surface area contributed by atoms with Crippen molar-refractivity contribution >= 4 is 27.5 Å². The molecular weight excluding hydrogens is 398 g/mol. The molecule has 156 valence electrons. The third kappa shape index (κ3) is 6.58. The first-order valence-electron chi connectivity index (χ1n) is 9.57. The summed E-state index contributed by atoms with van der Waals surface area (Å²) in [6.45, 7) is 10.4. The normalized spacial score (nSPS) is 16.2. The van der Waals surface area contributed by atoms with Crippen molar-refractivity contribution in [3.8, 4) is 0 Å². The van der Waals surface area contributed by atoms with Crippen molar-refractivity contribution in [2.45, 2.75) is 57.5 Å². The second-order valence-electron chi connectivity index (χ2n) is 7.75. The van der Waals surface area contributed by atoms with Gasteiger partial charge in [0, 0.05) is 31.7 Å². The van der Waals surface area contributed by atoms with Crippen LogP contribution in [0.3, 0.4) is 0 Å². The molecule has 1 amide bonds. The number of piperidine rings is 1. The number of halogens is 1. The number of allylic oxidation sites excluding steroid dienone is 1. The number of carbonyl (C=O) groups excluding carboxylic acids is 1. The number of likely N-dealkylation sites (tertiary alicyclic amines) is 1. The van der Waals surface area contributed by atoms with Gasteiger partial charge in [0.2, 0.25) is 10.0 Å². The minimum atomic E-state index is -3.69. The largest absolute Gasteiger partial charge is 0.349 e. The molecule has 2 N–H and O–H groups in total. The lowest BCUT2D eigenvalue weighted by Crippen LogP contribution is -2.44. The first-order chi connectivity index (χ1) is 13.1. The summed E-state index contributed by atoms with van der Waals surface area (Å²) in [6.07, 6.45) is 3.91. The van der Waals surface area contributed by atoms with Crippen LogP contribution in [-0.4, -0.2) is 50.9 Å². The Balaban J connectivity index is 2.03. The molecule has 0 atom stereocenters. The Hall–Kier alpha value is -1.41. The highest BCUT2D eigenvalue weighted by Gasteiger charge is 2.23. The molecule has 0 spiro atoms. The smallest absolute Gasteiger partial charge is 0.253 e. The number of rotatable bonds is 7. The molecule has 1 saturated heterocycles. The van der Waals surface area contributed by atoms with Crippen LogP contribution in [0.5, 0.6) is 0 Å². The van der Waals surface area contributed by atoms with Crippen molar-refractivity contribution in [3.05, 3.63) is 40.4 Å². The van der Waals surface area contributed by atoms with Gasteiger partial charge in [-0.3, -0.25) is 9.69 Å². The van der Waals surface area contributed by atoms with Gasteiger partial charge in [0.15, 0.2) is 0 Å². The standard InChI is InChI=1S/C20H30ClN3O3S/c1-14(2)7-10-24-11-8-16(9-12-24)22-20(25)18-13-17(5-6-19(18)21)28(26,27)23-15(3)4/h5-7,13,15-16,23H,8-12H2,1-4H3,(H,22,25). The third-order valence-corrected chi connectivity index (χ3v) is 6.55. The molecule has 0 unspecified atom stereocenters. The molecule has 0 radical (unpaired) electrons. The topological polar surface area (TPSA) is 78.5 Å². The van der Waals surface area contributed by atoms with Crippen molar-refractivity contribution in [1.29, 1.82) is 0 Å². The van der Waals surface area contributed by atoms with E-state index in [9.17, 15) is 13.2 Å². The van der Waals surface area contributed by atoms with Gasteiger partial charge in [0.05, 0.1) is 15.5 Å². The summed E-state index contributed by atoms with van der Waals surface area (Å²) in [5.41, 5.74) is 1.48. The summed E-state index contributed by atoms with van der Waals surface area (Å²) < 4.78 is 27.3. The number of amides is 1. The first kappa shape index (κ1) is 22.9. The Kier molecular flexibility index (Phi) is 8.07. The number of nitrogens with one attached hydrogen (secondary N) is 2. The van der Waals surface area contributed by atoms with E-state index in [1.165, 1.54) is 23.8 Å². The molecule has 1 aliphatic heterocycles. The van der Waals surface area contributed by atoms with Gasteiger partial charge in [-0.05, 0) is 58.7 Å². The van der Waals surface area contributed by atoms with Gasteiger partial charge >= 0.3 is 0 Å². The second kappa shape index (κ2) is 9.87. The number of nitrogens with zero attached hydrogens (tertiary/aromatic N) is 1. The predicted octanol–water partition coefficient (Wildman–Crippen LogP) is 3.19. The van der Waals surface area contributed by atoms with Crippen LogP contribution in [-0.2, 0) is 10.0 Å². The maximum absolute atomic E-state index is 12.7. The molecule has 1 fully saturated rings. The molecule has 1 aliphatic rings. The minimum Gasteiger partial charge on any atom is -0.349 e. The van der Waals surface area contributed by atoms with Gasteiger partial charge in [0.25, 0.3) is 5.91 Å². The average molecular weight is 428 g/mol. The van der Waals surface area contributed by atoms with Crippen LogP contribution in [0.1, 0.15) is 50.9 Å². The van der Waals surface area contributed by atoms with Crippen molar-refractivity contribution in [2.75, 3.05) is 19.6 Å². The van der Waals surface area contributed by atoms with Crippen molar-refractivity contribution in [2.24, 2.45) is 0 Å². The average Bonchev–Trinajstić information content (AvgIpc) is 2.60. The molecule has 1 heterocycles. The maximum Gasteiger partial charge on any atom is 0.253 e. The lowest BCUT2D eigenvalue weighted by Gasteiger charge is -2.31. The SMILES string of the molecule is CC(C)=CCN1CCC(NC(=O)c2cc(S(=O)(=O)NC(C)C)ccc2Cl)CC1. The molecule has 28 heavy (non-hydrogen) atoms. The summed E-state index contributed by atoms with van der Waals surface area (Å²) in [7, 11) is -3.69. The number of carbonyl (C=O) groups is 1. The van der Waals surface area contributed by atoms with E-state index in [0.29, 0.717) is 0 Å². The summed E-state index contributed by atoms with van der Waals surface area (Å²) >= 11 is 6.17. The van der Waals surface area contributed by atoms with Gasteiger partial charge in [-0.2, -0.15) is 0 Å². The fourth-order valence-corrected chi connectivity index (χ4v) is 4.54. The Bertz CT molecular complexity index is 825.